The second kappa shape index (κ2) is 9.69. The number of nitrogens with one attached hydrogen (secondary N) is 1. The molecule has 0 aliphatic rings. The zero-order valence-corrected chi connectivity index (χ0v) is 15.6. The van der Waals surface area contributed by atoms with Crippen molar-refractivity contribution in [2.75, 3.05) is 6.61 Å². The molecule has 9 heteroatoms. The number of rotatable bonds is 7. The highest BCUT2D eigenvalue weighted by Gasteiger charge is 2.16. The number of hydrazone groups is 1. The van der Waals surface area contributed by atoms with E-state index in [9.17, 15) is 14.9 Å². The van der Waals surface area contributed by atoms with Gasteiger partial charge in [-0.25, -0.2) is 5.43 Å². The molecule has 1 N–H and O–H groups in total. The lowest BCUT2D eigenvalue weighted by Gasteiger charge is -2.05. The quantitative estimate of drug-likeness (QED) is 0.399. The molecule has 7 nitrogen and oxygen atoms in total. The van der Waals surface area contributed by atoms with Gasteiger partial charge in [0, 0.05) is 15.6 Å². The lowest BCUT2D eigenvalue weighted by Crippen LogP contribution is -2.24. The van der Waals surface area contributed by atoms with E-state index in [0.717, 1.165) is 11.6 Å². The van der Waals surface area contributed by atoms with Crippen LogP contribution in [0.4, 0.5) is 5.69 Å². The molecule has 0 spiro atoms. The molecule has 0 bridgehead atoms. The standard InChI is InChI=1S/C17H13BrClN3O4/c18-13(8-12-4-2-1-3-5-12)10-20-21-17(23)11-26-16-7-6-14(19)9-15(16)22(24)25/h1-10H,11H2,(H,21,23). The number of hydrogen-bond donors (Lipinski definition) is 1. The van der Waals surface area contributed by atoms with Gasteiger partial charge in [-0.3, -0.25) is 14.9 Å². The molecule has 0 radical (unpaired) electrons. The van der Waals surface area contributed by atoms with Crippen LogP contribution in [0.1, 0.15) is 5.56 Å². The summed E-state index contributed by atoms with van der Waals surface area (Å²) in [6, 6.07) is 13.5. The van der Waals surface area contributed by atoms with E-state index in [1.165, 1.54) is 18.3 Å². The predicted molar refractivity (Wildman–Crippen MR) is 104 cm³/mol. The van der Waals surface area contributed by atoms with Crippen LogP contribution in [-0.2, 0) is 4.79 Å². The van der Waals surface area contributed by atoms with Crippen molar-refractivity contribution < 1.29 is 14.5 Å². The van der Waals surface area contributed by atoms with E-state index >= 15 is 0 Å². The highest BCUT2D eigenvalue weighted by atomic mass is 79.9. The molecule has 0 aliphatic heterocycles. The minimum atomic E-state index is -0.636. The molecular weight excluding hydrogens is 426 g/mol. The third-order valence-corrected chi connectivity index (χ3v) is 3.63. The highest BCUT2D eigenvalue weighted by molar-refractivity contribution is 9.12. The maximum Gasteiger partial charge on any atom is 0.312 e. The molecule has 2 aromatic rings. The van der Waals surface area contributed by atoms with E-state index in [4.69, 9.17) is 16.3 Å². The Morgan fingerprint density at radius 2 is 2.04 bits per heavy atom. The molecular formula is C17H13BrClN3O4. The van der Waals surface area contributed by atoms with Gasteiger partial charge in [-0.2, -0.15) is 5.10 Å². The van der Waals surface area contributed by atoms with E-state index in [0.29, 0.717) is 4.48 Å². The van der Waals surface area contributed by atoms with Crippen molar-refractivity contribution in [3.8, 4) is 5.75 Å². The van der Waals surface area contributed by atoms with Gasteiger partial charge in [0.15, 0.2) is 12.4 Å². The van der Waals surface area contributed by atoms with Gasteiger partial charge in [-0.15, -0.1) is 0 Å². The Balaban J connectivity index is 1.88. The number of amides is 1. The van der Waals surface area contributed by atoms with Crippen LogP contribution in [-0.4, -0.2) is 23.7 Å². The van der Waals surface area contributed by atoms with Gasteiger partial charge >= 0.3 is 5.69 Å². The molecule has 0 aliphatic carbocycles. The molecule has 0 saturated carbocycles. The summed E-state index contributed by atoms with van der Waals surface area (Å²) in [6.07, 6.45) is 3.23. The van der Waals surface area contributed by atoms with Gasteiger partial charge in [0.1, 0.15) is 0 Å². The van der Waals surface area contributed by atoms with Gasteiger partial charge in [-0.05, 0) is 39.7 Å². The Hall–Kier alpha value is -2.71. The average Bonchev–Trinajstić information content (AvgIpc) is 2.61. The smallest absolute Gasteiger partial charge is 0.312 e. The number of nitro benzene ring substituents is 1. The Kier molecular flexibility index (Phi) is 7.31. The van der Waals surface area contributed by atoms with Gasteiger partial charge < -0.3 is 4.74 Å². The molecule has 26 heavy (non-hydrogen) atoms. The lowest BCUT2D eigenvalue weighted by molar-refractivity contribution is -0.385. The first-order valence-corrected chi connectivity index (χ1v) is 8.43. The number of halogens is 2. The summed E-state index contributed by atoms with van der Waals surface area (Å²) in [4.78, 5) is 22.0. The maximum absolute atomic E-state index is 11.7. The number of nitrogens with zero attached hydrogens (tertiary/aromatic N) is 2. The number of carbonyl (C=O) groups excluding carboxylic acids is 1. The third kappa shape index (κ3) is 6.30. The molecule has 0 atom stereocenters. The highest BCUT2D eigenvalue weighted by Crippen LogP contribution is 2.29. The van der Waals surface area contributed by atoms with Crippen molar-refractivity contribution in [3.05, 3.63) is 73.7 Å². The molecule has 0 fully saturated rings. The third-order valence-electron chi connectivity index (χ3n) is 2.96. The summed E-state index contributed by atoms with van der Waals surface area (Å²) in [7, 11) is 0. The molecule has 134 valence electrons. The number of nitro groups is 1. The normalized spacial score (nSPS) is 11.4. The van der Waals surface area contributed by atoms with Crippen LogP contribution in [0.2, 0.25) is 5.02 Å². The van der Waals surface area contributed by atoms with Crippen LogP contribution in [0, 0.1) is 10.1 Å². The number of carbonyl (C=O) groups is 1. The van der Waals surface area contributed by atoms with Gasteiger partial charge in [0.2, 0.25) is 0 Å². The summed E-state index contributed by atoms with van der Waals surface area (Å²) in [5.41, 5.74) is 2.92. The SMILES string of the molecule is O=C(COc1ccc(Cl)cc1[N+](=O)[O-])NN=CC(Br)=Cc1ccccc1. The van der Waals surface area contributed by atoms with Gasteiger partial charge in [-0.1, -0.05) is 41.9 Å². The van der Waals surface area contributed by atoms with Crippen molar-refractivity contribution in [1.29, 1.82) is 0 Å². The Bertz CT molecular complexity index is 856. The fourth-order valence-electron chi connectivity index (χ4n) is 1.84. The van der Waals surface area contributed by atoms with Crippen LogP contribution >= 0.6 is 27.5 Å². The summed E-state index contributed by atoms with van der Waals surface area (Å²) in [5, 5.41) is 14.9. The second-order valence-electron chi connectivity index (χ2n) is 4.89. The van der Waals surface area contributed by atoms with Crippen molar-refractivity contribution in [2.45, 2.75) is 0 Å². The van der Waals surface area contributed by atoms with Crippen molar-refractivity contribution in [3.63, 3.8) is 0 Å². The van der Waals surface area contributed by atoms with E-state index in [2.05, 4.69) is 26.5 Å². The molecule has 0 unspecified atom stereocenters. The van der Waals surface area contributed by atoms with Crippen molar-refractivity contribution in [2.24, 2.45) is 5.10 Å². The summed E-state index contributed by atoms with van der Waals surface area (Å²) < 4.78 is 5.81. The fourth-order valence-corrected chi connectivity index (χ4v) is 2.38. The van der Waals surface area contributed by atoms with Crippen LogP contribution in [0.3, 0.4) is 0 Å². The average molecular weight is 439 g/mol. The van der Waals surface area contributed by atoms with Crippen LogP contribution in [0.15, 0.2) is 58.1 Å². The maximum atomic E-state index is 11.7. The van der Waals surface area contributed by atoms with E-state index < -0.39 is 17.4 Å². The second-order valence-corrected chi connectivity index (χ2v) is 6.24. The number of allylic oxidation sites excluding steroid dienone is 1. The first-order chi connectivity index (χ1) is 12.5. The predicted octanol–water partition coefficient (Wildman–Crippen LogP) is 4.17. The molecule has 0 aromatic heterocycles. The van der Waals surface area contributed by atoms with E-state index in [1.807, 2.05) is 36.4 Å². The summed E-state index contributed by atoms with van der Waals surface area (Å²) in [5.74, 6) is -0.616. The largest absolute Gasteiger partial charge is 0.477 e. The fraction of sp³-hybridized carbons (Fsp3) is 0.0588. The summed E-state index contributed by atoms with van der Waals surface area (Å²) >= 11 is 9.03. The first kappa shape index (κ1) is 19.6. The lowest BCUT2D eigenvalue weighted by atomic mass is 10.2. The van der Waals surface area contributed by atoms with E-state index in [1.54, 1.807) is 0 Å². The van der Waals surface area contributed by atoms with Crippen molar-refractivity contribution in [1.82, 2.24) is 5.43 Å². The monoisotopic (exact) mass is 437 g/mol. The number of benzene rings is 2. The van der Waals surface area contributed by atoms with Crippen LogP contribution in [0.5, 0.6) is 5.75 Å². The van der Waals surface area contributed by atoms with Gasteiger partial charge in [0.05, 0.1) is 11.1 Å². The van der Waals surface area contributed by atoms with Crippen molar-refractivity contribution >= 4 is 51.4 Å². The number of ether oxygens (including phenoxy) is 1. The Labute approximate surface area is 162 Å². The van der Waals surface area contributed by atoms with Crippen LogP contribution in [0.25, 0.3) is 6.08 Å². The van der Waals surface area contributed by atoms with E-state index in [-0.39, 0.29) is 16.5 Å². The van der Waals surface area contributed by atoms with Gasteiger partial charge in [0.25, 0.3) is 5.91 Å². The first-order valence-electron chi connectivity index (χ1n) is 7.26. The van der Waals surface area contributed by atoms with Crippen LogP contribution < -0.4 is 10.2 Å². The molecule has 2 aromatic carbocycles. The molecule has 2 rings (SSSR count). The minimum absolute atomic E-state index is 0.0521. The summed E-state index contributed by atoms with van der Waals surface area (Å²) in [6.45, 7) is -0.431. The zero-order chi connectivity index (χ0) is 18.9. The molecule has 1 amide bonds. The molecule has 0 heterocycles. The zero-order valence-electron chi connectivity index (χ0n) is 13.3. The Morgan fingerprint density at radius 1 is 1.31 bits per heavy atom. The Morgan fingerprint density at radius 3 is 2.73 bits per heavy atom. The molecule has 0 saturated heterocycles. The topological polar surface area (TPSA) is 93.8 Å². The minimum Gasteiger partial charge on any atom is -0.477 e. The number of hydrogen-bond acceptors (Lipinski definition) is 5.